The van der Waals surface area contributed by atoms with E-state index in [1.165, 1.54) is 0 Å². The van der Waals surface area contributed by atoms with E-state index in [2.05, 4.69) is 17.1 Å². The quantitative estimate of drug-likeness (QED) is 0.315. The van der Waals surface area contributed by atoms with Crippen LogP contribution in [-0.2, 0) is 11.2 Å². The van der Waals surface area contributed by atoms with Gasteiger partial charge in [-0.15, -0.1) is 10.2 Å². The number of nitrogens with zero attached hydrogens (tertiary/aromatic N) is 3. The summed E-state index contributed by atoms with van der Waals surface area (Å²) in [5.74, 6) is 0.879. The van der Waals surface area contributed by atoms with E-state index in [0.717, 1.165) is 31.2 Å². The molecule has 6 nitrogen and oxygen atoms in total. The molecule has 23 heavy (non-hydrogen) atoms. The van der Waals surface area contributed by atoms with Crippen molar-refractivity contribution in [2.24, 2.45) is 0 Å². The van der Waals surface area contributed by atoms with Crippen molar-refractivity contribution in [2.75, 3.05) is 6.54 Å². The second-order valence-corrected chi connectivity index (χ2v) is 5.62. The maximum absolute atomic E-state index is 10.7. The first-order chi connectivity index (χ1) is 11.2. The van der Waals surface area contributed by atoms with E-state index in [1.807, 2.05) is 30.3 Å². The zero-order chi connectivity index (χ0) is 16.5. The molecule has 1 aromatic heterocycles. The number of hydroxylamine groups is 2. The topological polar surface area (TPSA) is 79.5 Å². The molecule has 1 aromatic carbocycles. The Morgan fingerprint density at radius 2 is 2.04 bits per heavy atom. The van der Waals surface area contributed by atoms with Gasteiger partial charge in [0.1, 0.15) is 0 Å². The smallest absolute Gasteiger partial charge is 0.233 e. The van der Waals surface area contributed by atoms with E-state index < -0.39 is 0 Å². The molecule has 0 aliphatic rings. The molecule has 0 spiro atoms. The fourth-order valence-corrected chi connectivity index (χ4v) is 2.48. The summed E-state index contributed by atoms with van der Waals surface area (Å²) in [5, 5.41) is 18.3. The Labute approximate surface area is 136 Å². The Morgan fingerprint density at radius 3 is 2.74 bits per heavy atom. The highest BCUT2D eigenvalue weighted by Gasteiger charge is 2.21. The molecule has 0 radical (unpaired) electrons. The second-order valence-electron chi connectivity index (χ2n) is 5.62. The van der Waals surface area contributed by atoms with Gasteiger partial charge in [0.15, 0.2) is 0 Å². The number of amides is 1. The standard InChI is InChI=1S/C17H23N3O3/c1-2-3-5-10-15(12-20(22)13-21)17-19-18-16(23-17)11-14-8-6-4-7-9-14/h4,6-9,13,15,22H,2-3,5,10-12H2,1H3. The lowest BCUT2D eigenvalue weighted by atomic mass is 10.0. The maximum Gasteiger partial charge on any atom is 0.233 e. The fourth-order valence-electron chi connectivity index (χ4n) is 2.48. The minimum Gasteiger partial charge on any atom is -0.425 e. The Morgan fingerprint density at radius 1 is 1.26 bits per heavy atom. The van der Waals surface area contributed by atoms with Crippen LogP contribution in [0, 0.1) is 0 Å². The molecule has 2 aromatic rings. The summed E-state index contributed by atoms with van der Waals surface area (Å²) < 4.78 is 5.75. The monoisotopic (exact) mass is 317 g/mol. The van der Waals surface area contributed by atoms with E-state index >= 15 is 0 Å². The van der Waals surface area contributed by atoms with Crippen LogP contribution >= 0.6 is 0 Å². The van der Waals surface area contributed by atoms with Crippen molar-refractivity contribution in [3.63, 3.8) is 0 Å². The summed E-state index contributed by atoms with van der Waals surface area (Å²) in [7, 11) is 0. The largest absolute Gasteiger partial charge is 0.425 e. The molecule has 0 aliphatic heterocycles. The van der Waals surface area contributed by atoms with Crippen molar-refractivity contribution >= 4 is 6.41 Å². The Hall–Kier alpha value is -2.21. The van der Waals surface area contributed by atoms with Gasteiger partial charge in [-0.25, -0.2) is 5.06 Å². The summed E-state index contributed by atoms with van der Waals surface area (Å²) in [4.78, 5) is 10.7. The van der Waals surface area contributed by atoms with Crippen molar-refractivity contribution in [2.45, 2.75) is 44.9 Å². The number of aromatic nitrogens is 2. The lowest BCUT2D eigenvalue weighted by Crippen LogP contribution is -2.24. The number of carbonyl (C=O) groups is 1. The normalized spacial score (nSPS) is 12.1. The van der Waals surface area contributed by atoms with E-state index in [-0.39, 0.29) is 12.5 Å². The SMILES string of the molecule is CCCCCC(CN(O)C=O)c1nnc(Cc2ccccc2)o1. The van der Waals surface area contributed by atoms with Crippen LogP contribution in [0.2, 0.25) is 0 Å². The van der Waals surface area contributed by atoms with Crippen molar-refractivity contribution in [3.05, 3.63) is 47.7 Å². The summed E-state index contributed by atoms with van der Waals surface area (Å²) in [6.45, 7) is 2.30. The van der Waals surface area contributed by atoms with Gasteiger partial charge in [-0.1, -0.05) is 56.5 Å². The number of rotatable bonds is 10. The molecule has 1 N–H and O–H groups in total. The van der Waals surface area contributed by atoms with Crippen molar-refractivity contribution in [1.29, 1.82) is 0 Å². The molecule has 1 heterocycles. The Kier molecular flexibility index (Phi) is 6.75. The first-order valence-corrected chi connectivity index (χ1v) is 8.00. The average Bonchev–Trinajstić information content (AvgIpc) is 3.03. The van der Waals surface area contributed by atoms with Crippen LogP contribution in [0.3, 0.4) is 0 Å². The van der Waals surface area contributed by atoms with E-state index in [4.69, 9.17) is 4.42 Å². The highest BCUT2D eigenvalue weighted by atomic mass is 16.5. The van der Waals surface area contributed by atoms with Gasteiger partial charge >= 0.3 is 0 Å². The van der Waals surface area contributed by atoms with Crippen molar-refractivity contribution in [3.8, 4) is 0 Å². The van der Waals surface area contributed by atoms with Gasteiger partial charge in [-0.3, -0.25) is 10.0 Å². The van der Waals surface area contributed by atoms with Crippen LogP contribution in [-0.4, -0.2) is 33.4 Å². The molecule has 0 saturated carbocycles. The third kappa shape index (κ3) is 5.49. The maximum atomic E-state index is 10.7. The zero-order valence-electron chi connectivity index (χ0n) is 13.4. The Bertz CT molecular complexity index is 586. The molecule has 1 unspecified atom stereocenters. The minimum absolute atomic E-state index is 0.145. The number of unbranched alkanes of at least 4 members (excludes halogenated alkanes) is 2. The van der Waals surface area contributed by atoms with E-state index in [0.29, 0.717) is 29.7 Å². The molecule has 2 rings (SSSR count). The minimum atomic E-state index is -0.145. The predicted molar refractivity (Wildman–Crippen MR) is 85.0 cm³/mol. The predicted octanol–water partition coefficient (Wildman–Crippen LogP) is 3.17. The van der Waals surface area contributed by atoms with Gasteiger partial charge in [-0.05, 0) is 12.0 Å². The summed E-state index contributed by atoms with van der Waals surface area (Å²) in [6, 6.07) is 9.90. The van der Waals surface area contributed by atoms with Crippen LogP contribution < -0.4 is 0 Å². The first kappa shape index (κ1) is 17.1. The van der Waals surface area contributed by atoms with Crippen LogP contribution in [0.25, 0.3) is 0 Å². The van der Waals surface area contributed by atoms with Crippen molar-refractivity contribution in [1.82, 2.24) is 15.3 Å². The van der Waals surface area contributed by atoms with Gasteiger partial charge in [0.05, 0.1) is 18.9 Å². The second kappa shape index (κ2) is 9.05. The lowest BCUT2D eigenvalue weighted by Gasteiger charge is -2.16. The third-order valence-corrected chi connectivity index (χ3v) is 3.72. The summed E-state index contributed by atoms with van der Waals surface area (Å²) in [5.41, 5.74) is 1.10. The van der Waals surface area contributed by atoms with Crippen LogP contribution in [0.4, 0.5) is 0 Å². The molecule has 6 heteroatoms. The molecule has 0 saturated heterocycles. The Balaban J connectivity index is 2.04. The summed E-state index contributed by atoms with van der Waals surface area (Å²) >= 11 is 0. The highest BCUT2D eigenvalue weighted by Crippen LogP contribution is 2.23. The molecule has 0 bridgehead atoms. The molecule has 0 aliphatic carbocycles. The van der Waals surface area contributed by atoms with Crippen LogP contribution in [0.1, 0.15) is 55.9 Å². The van der Waals surface area contributed by atoms with Crippen LogP contribution in [0.15, 0.2) is 34.7 Å². The molecule has 1 atom stereocenters. The number of hydrogen-bond donors (Lipinski definition) is 1. The fraction of sp³-hybridized carbons (Fsp3) is 0.471. The number of benzene rings is 1. The zero-order valence-corrected chi connectivity index (χ0v) is 13.4. The number of hydrogen-bond acceptors (Lipinski definition) is 5. The highest BCUT2D eigenvalue weighted by molar-refractivity contribution is 5.44. The first-order valence-electron chi connectivity index (χ1n) is 8.00. The molecular weight excluding hydrogens is 294 g/mol. The van der Waals surface area contributed by atoms with E-state index in [1.54, 1.807) is 0 Å². The van der Waals surface area contributed by atoms with Gasteiger partial charge in [0.2, 0.25) is 18.2 Å². The molecule has 124 valence electrons. The molecule has 1 amide bonds. The number of carbonyl (C=O) groups excluding carboxylic acids is 1. The summed E-state index contributed by atoms with van der Waals surface area (Å²) in [6.07, 6.45) is 4.95. The average molecular weight is 317 g/mol. The van der Waals surface area contributed by atoms with Gasteiger partial charge < -0.3 is 4.42 Å². The van der Waals surface area contributed by atoms with Gasteiger partial charge in [-0.2, -0.15) is 0 Å². The van der Waals surface area contributed by atoms with Gasteiger partial charge in [0, 0.05) is 0 Å². The van der Waals surface area contributed by atoms with E-state index in [9.17, 15) is 10.0 Å². The van der Waals surface area contributed by atoms with Crippen LogP contribution in [0.5, 0.6) is 0 Å². The van der Waals surface area contributed by atoms with Crippen molar-refractivity contribution < 1.29 is 14.4 Å². The molecular formula is C17H23N3O3. The third-order valence-electron chi connectivity index (χ3n) is 3.72. The lowest BCUT2D eigenvalue weighted by molar-refractivity contribution is -0.151. The molecule has 0 fully saturated rings. The van der Waals surface area contributed by atoms with Gasteiger partial charge in [0.25, 0.3) is 0 Å².